The highest BCUT2D eigenvalue weighted by Gasteiger charge is 2.16. The molecule has 2 rings (SSSR count). The summed E-state index contributed by atoms with van der Waals surface area (Å²) in [5, 5.41) is 16.0. The Morgan fingerprint density at radius 3 is 2.55 bits per heavy atom. The molecular weight excluding hydrogens is 286 g/mol. The first kappa shape index (κ1) is 15.8. The van der Waals surface area contributed by atoms with Crippen LogP contribution < -0.4 is 5.32 Å². The molecule has 7 nitrogen and oxygen atoms in total. The van der Waals surface area contributed by atoms with E-state index in [1.807, 2.05) is 20.9 Å². The second-order valence-electron chi connectivity index (χ2n) is 5.21. The number of rotatable bonds is 5. The molecule has 7 heteroatoms. The maximum Gasteiger partial charge on any atom is 0.339 e. The number of aryl methyl sites for hydroxylation is 3. The molecule has 0 saturated heterocycles. The maximum absolute atomic E-state index is 12.0. The maximum atomic E-state index is 12.0. The zero-order valence-electron chi connectivity index (χ0n) is 13.1. The number of hydrogen-bond acceptors (Lipinski definition) is 4. The zero-order valence-corrected chi connectivity index (χ0v) is 13.1. The van der Waals surface area contributed by atoms with E-state index in [4.69, 9.17) is 9.52 Å². The van der Waals surface area contributed by atoms with Gasteiger partial charge in [0.15, 0.2) is 0 Å². The number of nitrogens with zero attached hydrogens (tertiary/aromatic N) is 2. The molecule has 0 saturated carbocycles. The Kier molecular flexibility index (Phi) is 4.35. The summed E-state index contributed by atoms with van der Waals surface area (Å²) >= 11 is 0. The van der Waals surface area contributed by atoms with Crippen molar-refractivity contribution >= 4 is 11.9 Å². The van der Waals surface area contributed by atoms with Gasteiger partial charge in [-0.25, -0.2) is 4.79 Å². The largest absolute Gasteiger partial charge is 0.478 e. The van der Waals surface area contributed by atoms with Crippen molar-refractivity contribution in [3.63, 3.8) is 0 Å². The zero-order chi connectivity index (χ0) is 16.4. The lowest BCUT2D eigenvalue weighted by Crippen LogP contribution is -2.24. The molecule has 2 heterocycles. The summed E-state index contributed by atoms with van der Waals surface area (Å²) in [6, 6.07) is 1.43. The van der Waals surface area contributed by atoms with Gasteiger partial charge in [0.05, 0.1) is 18.7 Å². The van der Waals surface area contributed by atoms with E-state index in [2.05, 4.69) is 10.4 Å². The van der Waals surface area contributed by atoms with Crippen molar-refractivity contribution in [1.82, 2.24) is 15.1 Å². The lowest BCUT2D eigenvalue weighted by molar-refractivity contribution is -0.120. The second kappa shape index (κ2) is 6.05. The highest BCUT2D eigenvalue weighted by molar-refractivity contribution is 5.88. The van der Waals surface area contributed by atoms with Crippen molar-refractivity contribution in [2.24, 2.45) is 7.05 Å². The van der Waals surface area contributed by atoms with Crippen molar-refractivity contribution in [2.45, 2.75) is 33.7 Å². The molecular formula is C15H19N3O4. The fraction of sp³-hybridized carbons (Fsp3) is 0.400. The standard InChI is InChI=1S/C15H19N3O4/c1-8-12(9(2)18(4)17-8)6-14(19)16-7-11-5-13(15(20)21)10(3)22-11/h5H,6-7H2,1-4H3,(H,16,19)(H,20,21). The van der Waals surface area contributed by atoms with E-state index in [1.165, 1.54) is 6.07 Å². The third kappa shape index (κ3) is 3.19. The average Bonchev–Trinajstić information content (AvgIpc) is 2.92. The molecule has 2 aromatic heterocycles. The Morgan fingerprint density at radius 2 is 2.05 bits per heavy atom. The Hall–Kier alpha value is -2.57. The number of carbonyl (C=O) groups excluding carboxylic acids is 1. The van der Waals surface area contributed by atoms with Crippen LogP contribution in [-0.2, 0) is 24.8 Å². The average molecular weight is 305 g/mol. The fourth-order valence-corrected chi connectivity index (χ4v) is 2.33. The minimum absolute atomic E-state index is 0.114. The van der Waals surface area contributed by atoms with Gasteiger partial charge in [-0.05, 0) is 26.8 Å². The predicted octanol–water partition coefficient (Wildman–Crippen LogP) is 1.50. The predicted molar refractivity (Wildman–Crippen MR) is 78.6 cm³/mol. The van der Waals surface area contributed by atoms with Crippen molar-refractivity contribution in [3.8, 4) is 0 Å². The SMILES string of the molecule is Cc1nn(C)c(C)c1CC(=O)NCc1cc(C(=O)O)c(C)o1. The number of furan rings is 1. The van der Waals surface area contributed by atoms with E-state index < -0.39 is 5.97 Å². The molecule has 0 fully saturated rings. The Bertz CT molecular complexity index is 727. The topological polar surface area (TPSA) is 97.4 Å². The van der Waals surface area contributed by atoms with E-state index in [-0.39, 0.29) is 24.4 Å². The first-order valence-corrected chi connectivity index (χ1v) is 6.88. The molecule has 0 atom stereocenters. The second-order valence-corrected chi connectivity index (χ2v) is 5.21. The number of aromatic nitrogens is 2. The van der Waals surface area contributed by atoms with Crippen LogP contribution in [0.2, 0.25) is 0 Å². The number of amides is 1. The van der Waals surface area contributed by atoms with Crippen LogP contribution in [0.4, 0.5) is 0 Å². The van der Waals surface area contributed by atoms with Gasteiger partial charge in [0, 0.05) is 18.3 Å². The summed E-state index contributed by atoms with van der Waals surface area (Å²) in [6.07, 6.45) is 0.233. The minimum Gasteiger partial charge on any atom is -0.478 e. The summed E-state index contributed by atoms with van der Waals surface area (Å²) in [5.41, 5.74) is 2.80. The summed E-state index contributed by atoms with van der Waals surface area (Å²) in [5.74, 6) is -0.454. The molecule has 0 aliphatic rings. The van der Waals surface area contributed by atoms with Gasteiger partial charge in [-0.3, -0.25) is 9.48 Å². The van der Waals surface area contributed by atoms with Crippen molar-refractivity contribution in [1.29, 1.82) is 0 Å². The van der Waals surface area contributed by atoms with Crippen molar-refractivity contribution in [2.75, 3.05) is 0 Å². The summed E-state index contributed by atoms with van der Waals surface area (Å²) in [4.78, 5) is 23.0. The molecule has 118 valence electrons. The highest BCUT2D eigenvalue weighted by atomic mass is 16.4. The van der Waals surface area contributed by atoms with Gasteiger partial charge in [0.1, 0.15) is 17.1 Å². The molecule has 0 bridgehead atoms. The van der Waals surface area contributed by atoms with Gasteiger partial charge < -0.3 is 14.8 Å². The fourth-order valence-electron chi connectivity index (χ4n) is 2.33. The Morgan fingerprint density at radius 1 is 1.36 bits per heavy atom. The molecule has 2 N–H and O–H groups in total. The summed E-state index contributed by atoms with van der Waals surface area (Å²) < 4.78 is 7.06. The molecule has 1 amide bonds. The van der Waals surface area contributed by atoms with Gasteiger partial charge in [-0.15, -0.1) is 0 Å². The Labute approximate surface area is 127 Å². The van der Waals surface area contributed by atoms with Gasteiger partial charge in [-0.2, -0.15) is 5.10 Å². The van der Waals surface area contributed by atoms with Gasteiger partial charge in [0.2, 0.25) is 5.91 Å². The lowest BCUT2D eigenvalue weighted by Gasteiger charge is -2.04. The number of hydrogen-bond donors (Lipinski definition) is 2. The van der Waals surface area contributed by atoms with E-state index >= 15 is 0 Å². The van der Waals surface area contributed by atoms with Crippen LogP contribution in [0.25, 0.3) is 0 Å². The monoisotopic (exact) mass is 305 g/mol. The molecule has 0 radical (unpaired) electrons. The van der Waals surface area contributed by atoms with E-state index in [0.29, 0.717) is 11.5 Å². The first-order valence-electron chi connectivity index (χ1n) is 6.88. The lowest BCUT2D eigenvalue weighted by atomic mass is 10.1. The number of nitrogens with one attached hydrogen (secondary N) is 1. The number of carboxylic acids is 1. The molecule has 2 aromatic rings. The van der Waals surface area contributed by atoms with Crippen LogP contribution in [0.15, 0.2) is 10.5 Å². The third-order valence-corrected chi connectivity index (χ3v) is 3.66. The smallest absolute Gasteiger partial charge is 0.339 e. The van der Waals surface area contributed by atoms with Crippen LogP contribution in [0.5, 0.6) is 0 Å². The molecule has 0 aliphatic heterocycles. The van der Waals surface area contributed by atoms with Crippen LogP contribution in [0, 0.1) is 20.8 Å². The van der Waals surface area contributed by atoms with Crippen LogP contribution >= 0.6 is 0 Å². The summed E-state index contributed by atoms with van der Waals surface area (Å²) in [7, 11) is 1.84. The van der Waals surface area contributed by atoms with Crippen LogP contribution in [0.3, 0.4) is 0 Å². The van der Waals surface area contributed by atoms with Gasteiger partial charge in [0.25, 0.3) is 0 Å². The summed E-state index contributed by atoms with van der Waals surface area (Å²) in [6.45, 7) is 5.52. The molecule has 0 unspecified atom stereocenters. The third-order valence-electron chi connectivity index (χ3n) is 3.66. The molecule has 0 aliphatic carbocycles. The van der Waals surface area contributed by atoms with E-state index in [0.717, 1.165) is 17.0 Å². The van der Waals surface area contributed by atoms with Crippen molar-refractivity contribution < 1.29 is 19.1 Å². The number of aromatic carboxylic acids is 1. The van der Waals surface area contributed by atoms with Crippen LogP contribution in [0.1, 0.15) is 38.8 Å². The molecule has 0 spiro atoms. The van der Waals surface area contributed by atoms with Crippen LogP contribution in [-0.4, -0.2) is 26.8 Å². The van der Waals surface area contributed by atoms with E-state index in [1.54, 1.807) is 11.6 Å². The Balaban J connectivity index is 1.98. The molecule has 0 aromatic carbocycles. The normalized spacial score (nSPS) is 10.7. The van der Waals surface area contributed by atoms with Crippen molar-refractivity contribution in [3.05, 3.63) is 40.1 Å². The minimum atomic E-state index is -1.04. The first-order chi connectivity index (χ1) is 10.3. The quantitative estimate of drug-likeness (QED) is 0.872. The molecule has 22 heavy (non-hydrogen) atoms. The number of carbonyl (C=O) groups is 2. The number of carboxylic acid groups (broad SMARTS) is 1. The highest BCUT2D eigenvalue weighted by Crippen LogP contribution is 2.15. The van der Waals surface area contributed by atoms with E-state index in [9.17, 15) is 9.59 Å². The van der Waals surface area contributed by atoms with Gasteiger partial charge >= 0.3 is 5.97 Å². The van der Waals surface area contributed by atoms with Gasteiger partial charge in [-0.1, -0.05) is 0 Å².